The molecule has 5 atom stereocenters. The van der Waals surface area contributed by atoms with Gasteiger partial charge in [0.25, 0.3) is 5.91 Å². The Morgan fingerprint density at radius 3 is 2.44 bits per heavy atom. The zero-order valence-electron chi connectivity index (χ0n) is 22.8. The maximum Gasteiger partial charge on any atom is 0.255 e. The highest BCUT2D eigenvalue weighted by Crippen LogP contribution is 2.53. The first-order chi connectivity index (χ1) is 19.4. The Hall–Kier alpha value is -4.21. The molecule has 0 saturated heterocycles. The maximum atomic E-state index is 13.8. The van der Waals surface area contributed by atoms with E-state index in [1.807, 2.05) is 32.3 Å². The lowest BCUT2D eigenvalue weighted by Crippen LogP contribution is -2.58. The van der Waals surface area contributed by atoms with Crippen LogP contribution in [0, 0.1) is 23.7 Å². The summed E-state index contributed by atoms with van der Waals surface area (Å²) in [6, 6.07) is 3.31. The molecule has 9 nitrogen and oxygen atoms in total. The molecular weight excluding hydrogens is 524 g/mol. The van der Waals surface area contributed by atoms with Crippen molar-refractivity contribution in [2.75, 3.05) is 20.6 Å². The number of carbonyl (C=O) groups is 3. The number of phenols is 1. The molecule has 1 aromatic carbocycles. The number of rotatable bonds is 4. The monoisotopic (exact) mass is 556 g/mol. The predicted octanol–water partition coefficient (Wildman–Crippen LogP) is 2.67. The van der Waals surface area contributed by atoms with Gasteiger partial charge in [0.05, 0.1) is 5.56 Å². The largest absolute Gasteiger partial charge is 0.508 e. The number of primary amides is 1. The first kappa shape index (κ1) is 27.0. The summed E-state index contributed by atoms with van der Waals surface area (Å²) in [5, 5.41) is 44.6. The van der Waals surface area contributed by atoms with E-state index < -0.39 is 52.0 Å². The van der Waals surface area contributed by atoms with Gasteiger partial charge in [0.2, 0.25) is 5.78 Å². The van der Waals surface area contributed by atoms with Crippen LogP contribution in [0.2, 0.25) is 0 Å². The van der Waals surface area contributed by atoms with Crippen molar-refractivity contribution < 1.29 is 34.8 Å². The number of Topliss-reactive ketones (excluding diaryl/α,β-unsaturated/α-hetero) is 2. The predicted molar refractivity (Wildman–Crippen MR) is 151 cm³/mol. The molecule has 1 aromatic rings. The molecule has 0 bridgehead atoms. The van der Waals surface area contributed by atoms with Gasteiger partial charge < -0.3 is 31.1 Å². The summed E-state index contributed by atoms with van der Waals surface area (Å²) in [7, 11) is 4.05. The van der Waals surface area contributed by atoms with Crippen molar-refractivity contribution in [1.29, 1.82) is 0 Å². The number of allylic oxidation sites excluding steroid dienone is 7. The van der Waals surface area contributed by atoms with Crippen LogP contribution in [0.5, 0.6) is 5.75 Å². The molecule has 0 aliphatic heterocycles. The molecule has 0 spiro atoms. The van der Waals surface area contributed by atoms with Gasteiger partial charge in [0.15, 0.2) is 11.4 Å². The van der Waals surface area contributed by atoms with Gasteiger partial charge in [-0.3, -0.25) is 14.4 Å². The SMILES string of the molecule is CN(C)CC1=CC=C(c2ccc(O)c3c2C[C@H]2C[C@H]4CC(=O)C(C(N)=O)=C(O)[C@@]4(O)C(=O)C2=C3O)C2C=CC=CC12. The van der Waals surface area contributed by atoms with E-state index in [0.717, 1.165) is 17.7 Å². The van der Waals surface area contributed by atoms with Gasteiger partial charge in [-0.2, -0.15) is 0 Å². The lowest BCUT2D eigenvalue weighted by atomic mass is 9.59. The van der Waals surface area contributed by atoms with Crippen molar-refractivity contribution in [1.82, 2.24) is 4.90 Å². The smallest absolute Gasteiger partial charge is 0.255 e. The first-order valence-corrected chi connectivity index (χ1v) is 13.7. The van der Waals surface area contributed by atoms with E-state index in [2.05, 4.69) is 29.2 Å². The summed E-state index contributed by atoms with van der Waals surface area (Å²) in [4.78, 5) is 40.4. The van der Waals surface area contributed by atoms with Crippen molar-refractivity contribution in [2.24, 2.45) is 29.4 Å². The third-order valence-corrected chi connectivity index (χ3v) is 9.16. The number of hydrogen-bond donors (Lipinski definition) is 5. The average molecular weight is 557 g/mol. The number of aliphatic hydroxyl groups excluding tert-OH is 2. The van der Waals surface area contributed by atoms with Crippen LogP contribution in [0.3, 0.4) is 0 Å². The summed E-state index contributed by atoms with van der Waals surface area (Å²) < 4.78 is 0. The summed E-state index contributed by atoms with van der Waals surface area (Å²) >= 11 is 0. The number of nitrogens with zero attached hydrogens (tertiary/aromatic N) is 1. The molecule has 5 aliphatic rings. The molecule has 0 aromatic heterocycles. The molecule has 5 aliphatic carbocycles. The number of amides is 1. The van der Waals surface area contributed by atoms with E-state index in [0.29, 0.717) is 5.56 Å². The van der Waals surface area contributed by atoms with Gasteiger partial charge in [0.1, 0.15) is 22.8 Å². The Labute approximate surface area is 237 Å². The van der Waals surface area contributed by atoms with Crippen LogP contribution < -0.4 is 5.73 Å². The minimum absolute atomic E-state index is 0.0319. The van der Waals surface area contributed by atoms with Crippen molar-refractivity contribution in [3.05, 3.63) is 87.8 Å². The van der Waals surface area contributed by atoms with Crippen LogP contribution >= 0.6 is 0 Å². The molecule has 0 heterocycles. The number of aromatic hydroxyl groups is 1. The lowest BCUT2D eigenvalue weighted by Gasteiger charge is -2.46. The van der Waals surface area contributed by atoms with Crippen molar-refractivity contribution in [3.8, 4) is 5.75 Å². The normalized spacial score (nSPS) is 30.4. The number of likely N-dealkylation sites (N-methyl/N-ethyl adjacent to an activating group) is 1. The van der Waals surface area contributed by atoms with Gasteiger partial charge in [-0.1, -0.05) is 42.5 Å². The van der Waals surface area contributed by atoms with E-state index in [1.54, 1.807) is 0 Å². The van der Waals surface area contributed by atoms with Crippen LogP contribution in [0.25, 0.3) is 11.3 Å². The Kier molecular flexibility index (Phi) is 6.20. The van der Waals surface area contributed by atoms with Gasteiger partial charge in [-0.05, 0) is 61.2 Å². The maximum absolute atomic E-state index is 13.8. The topological polar surface area (TPSA) is 161 Å². The first-order valence-electron chi connectivity index (χ1n) is 13.7. The molecule has 6 rings (SSSR count). The van der Waals surface area contributed by atoms with E-state index in [-0.39, 0.29) is 48.0 Å². The minimum Gasteiger partial charge on any atom is -0.508 e. The summed E-state index contributed by atoms with van der Waals surface area (Å²) in [6.45, 7) is 0.801. The average Bonchev–Trinajstić information content (AvgIpc) is 2.91. The molecule has 1 amide bonds. The Balaban J connectivity index is 1.49. The molecule has 1 fully saturated rings. The van der Waals surface area contributed by atoms with Gasteiger partial charge in [-0.15, -0.1) is 0 Å². The molecule has 212 valence electrons. The molecule has 9 heteroatoms. The number of nitrogens with two attached hydrogens (primary N) is 1. The number of ketones is 2. The standard InChI is InChI=1S/C32H32N2O7/c1-34(2)14-15-7-8-20(19-6-4-3-5-18(15)19)21-9-10-23(35)26-22(21)12-16-11-17-13-24(36)27(31(33)40)30(39)32(17,41)29(38)25(16)28(26)37/h3-10,16-19,35,37,39,41H,11-14H2,1-2H3,(H2,33,40)/t16-,17+,18?,19?,32+/m1/s1. The Morgan fingerprint density at radius 2 is 1.76 bits per heavy atom. The Morgan fingerprint density at radius 1 is 1.05 bits per heavy atom. The molecule has 1 saturated carbocycles. The lowest BCUT2D eigenvalue weighted by molar-refractivity contribution is -0.147. The van der Waals surface area contributed by atoms with E-state index in [9.17, 15) is 34.8 Å². The third kappa shape index (κ3) is 3.87. The summed E-state index contributed by atoms with van der Waals surface area (Å²) in [6.07, 6.45) is 12.6. The molecule has 6 N–H and O–H groups in total. The number of phenolic OH excluding ortho intramolecular Hbond substituents is 1. The molecular formula is C32H32N2O7. The molecule has 2 unspecified atom stereocenters. The van der Waals surface area contributed by atoms with Gasteiger partial charge >= 0.3 is 0 Å². The summed E-state index contributed by atoms with van der Waals surface area (Å²) in [5.41, 5.74) is 5.65. The van der Waals surface area contributed by atoms with Crippen LogP contribution in [0.15, 0.2) is 71.1 Å². The fourth-order valence-corrected chi connectivity index (χ4v) is 7.36. The number of aliphatic hydroxyl groups is 3. The Bertz CT molecular complexity index is 1610. The fraction of sp³-hybridized carbons (Fsp3) is 0.344. The zero-order valence-corrected chi connectivity index (χ0v) is 22.8. The van der Waals surface area contributed by atoms with Gasteiger partial charge in [-0.25, -0.2) is 0 Å². The molecule has 0 radical (unpaired) electrons. The number of hydrogen-bond acceptors (Lipinski definition) is 8. The highest BCUT2D eigenvalue weighted by molar-refractivity contribution is 6.22. The second kappa shape index (κ2) is 9.43. The highest BCUT2D eigenvalue weighted by Gasteiger charge is 2.60. The highest BCUT2D eigenvalue weighted by atomic mass is 16.3. The van der Waals surface area contributed by atoms with E-state index in [4.69, 9.17) is 5.73 Å². The number of fused-ring (bicyclic) bond motifs is 4. The van der Waals surface area contributed by atoms with E-state index >= 15 is 0 Å². The summed E-state index contributed by atoms with van der Waals surface area (Å²) in [5.74, 6) is -6.16. The fourth-order valence-electron chi connectivity index (χ4n) is 7.36. The van der Waals surface area contributed by atoms with Crippen LogP contribution in [-0.2, 0) is 20.8 Å². The number of benzene rings is 1. The van der Waals surface area contributed by atoms with Gasteiger partial charge in [0, 0.05) is 36.3 Å². The zero-order chi connectivity index (χ0) is 29.4. The second-order valence-electron chi connectivity index (χ2n) is 11.8. The van der Waals surface area contributed by atoms with E-state index in [1.165, 1.54) is 11.6 Å². The van der Waals surface area contributed by atoms with Crippen molar-refractivity contribution in [2.45, 2.75) is 24.9 Å². The van der Waals surface area contributed by atoms with Crippen molar-refractivity contribution in [3.63, 3.8) is 0 Å². The number of carbonyl (C=O) groups excluding carboxylic acids is 3. The third-order valence-electron chi connectivity index (χ3n) is 9.16. The van der Waals surface area contributed by atoms with Crippen LogP contribution in [-0.4, -0.2) is 69.0 Å². The van der Waals surface area contributed by atoms with Crippen LogP contribution in [0.4, 0.5) is 0 Å². The second-order valence-corrected chi connectivity index (χ2v) is 11.8. The van der Waals surface area contributed by atoms with Crippen LogP contribution in [0.1, 0.15) is 29.5 Å². The minimum atomic E-state index is -2.57. The quantitative estimate of drug-likeness (QED) is 0.354. The molecule has 41 heavy (non-hydrogen) atoms. The van der Waals surface area contributed by atoms with Crippen molar-refractivity contribution >= 4 is 28.8 Å².